The largest absolute Gasteiger partial charge is 0.483 e. The van der Waals surface area contributed by atoms with Crippen LogP contribution in [0.3, 0.4) is 0 Å². The second-order valence-corrected chi connectivity index (χ2v) is 9.21. The Labute approximate surface area is 161 Å². The second kappa shape index (κ2) is 8.81. The number of nitrogens with one attached hydrogen (secondary N) is 1. The molecule has 2 aromatic rings. The highest BCUT2D eigenvalue weighted by Crippen LogP contribution is 2.22. The summed E-state index contributed by atoms with van der Waals surface area (Å²) in [5.41, 5.74) is 6.85. The van der Waals surface area contributed by atoms with Gasteiger partial charge in [-0.15, -0.1) is 0 Å². The topological polar surface area (TPSA) is 98.5 Å². The maximum atomic E-state index is 12.6. The molecule has 0 aliphatic carbocycles. The first-order valence-corrected chi connectivity index (χ1v) is 9.77. The Balaban J connectivity index is 2.14. The average molecular weight is 388 g/mol. The number of rotatable bonds is 7. The van der Waals surface area contributed by atoms with Crippen molar-refractivity contribution in [2.75, 3.05) is 11.9 Å². The van der Waals surface area contributed by atoms with Gasteiger partial charge in [0, 0.05) is 27.0 Å². The van der Waals surface area contributed by atoms with Crippen molar-refractivity contribution in [2.45, 2.75) is 31.3 Å². The fourth-order valence-electron chi connectivity index (χ4n) is 2.23. The van der Waals surface area contributed by atoms with Crippen LogP contribution in [-0.4, -0.2) is 27.4 Å². The van der Waals surface area contributed by atoms with E-state index in [0.29, 0.717) is 17.0 Å². The standard InChI is InChI=1S/C20H24N2O4S/c1-20(2,3)27(25)13-14-7-6-8-15(11-14)22-19(24)16-9-4-5-10-17(16)26-12-18(21)23/h4-11H,12-13H2,1-3H3,(H2,21,23)(H,22,24). The van der Waals surface area contributed by atoms with Crippen LogP contribution in [0.1, 0.15) is 36.7 Å². The van der Waals surface area contributed by atoms with Crippen LogP contribution < -0.4 is 15.8 Å². The molecular weight excluding hydrogens is 364 g/mol. The van der Waals surface area contributed by atoms with E-state index in [-0.39, 0.29) is 23.0 Å². The first-order chi connectivity index (χ1) is 12.7. The minimum Gasteiger partial charge on any atom is -0.483 e. The third-order valence-electron chi connectivity index (χ3n) is 3.67. The molecule has 0 bridgehead atoms. The lowest BCUT2D eigenvalue weighted by atomic mass is 10.1. The molecule has 0 heterocycles. The van der Waals surface area contributed by atoms with Gasteiger partial charge >= 0.3 is 0 Å². The maximum absolute atomic E-state index is 12.6. The van der Waals surface area contributed by atoms with Gasteiger partial charge in [0.15, 0.2) is 6.61 Å². The summed E-state index contributed by atoms with van der Waals surface area (Å²) in [6.45, 7) is 5.48. The molecule has 0 saturated heterocycles. The van der Waals surface area contributed by atoms with Crippen molar-refractivity contribution >= 4 is 28.3 Å². The molecule has 0 aliphatic heterocycles. The molecule has 0 radical (unpaired) electrons. The first kappa shape index (κ1) is 20.6. The van der Waals surface area contributed by atoms with Crippen LogP contribution in [0, 0.1) is 0 Å². The van der Waals surface area contributed by atoms with Crippen molar-refractivity contribution in [1.82, 2.24) is 0 Å². The number of ether oxygens (including phenoxy) is 1. The van der Waals surface area contributed by atoms with Gasteiger partial charge in [0.2, 0.25) is 0 Å². The van der Waals surface area contributed by atoms with Gasteiger partial charge < -0.3 is 15.8 Å². The lowest BCUT2D eigenvalue weighted by Gasteiger charge is -2.18. The van der Waals surface area contributed by atoms with Crippen molar-refractivity contribution in [1.29, 1.82) is 0 Å². The van der Waals surface area contributed by atoms with E-state index >= 15 is 0 Å². The minimum atomic E-state index is -1.03. The molecule has 0 aromatic heterocycles. The number of carbonyl (C=O) groups excluding carboxylic acids is 2. The predicted octanol–water partition coefficient (Wildman–Crippen LogP) is 2.85. The first-order valence-electron chi connectivity index (χ1n) is 8.46. The number of benzene rings is 2. The van der Waals surface area contributed by atoms with E-state index < -0.39 is 16.7 Å². The van der Waals surface area contributed by atoms with Gasteiger partial charge in [-0.25, -0.2) is 0 Å². The molecule has 144 valence electrons. The lowest BCUT2D eigenvalue weighted by Crippen LogP contribution is -2.23. The van der Waals surface area contributed by atoms with Crippen LogP contribution in [0.4, 0.5) is 5.69 Å². The molecule has 1 unspecified atom stereocenters. The van der Waals surface area contributed by atoms with E-state index in [9.17, 15) is 13.8 Å². The minimum absolute atomic E-state index is 0.277. The zero-order valence-corrected chi connectivity index (χ0v) is 16.5. The van der Waals surface area contributed by atoms with Gasteiger partial charge in [-0.2, -0.15) is 0 Å². The van der Waals surface area contributed by atoms with E-state index in [0.717, 1.165) is 5.56 Å². The van der Waals surface area contributed by atoms with E-state index in [2.05, 4.69) is 5.32 Å². The molecule has 2 rings (SSSR count). The Kier molecular flexibility index (Phi) is 6.74. The molecule has 0 spiro atoms. The molecule has 0 saturated carbocycles. The van der Waals surface area contributed by atoms with Gasteiger partial charge in [-0.3, -0.25) is 13.8 Å². The summed E-state index contributed by atoms with van der Waals surface area (Å²) in [4.78, 5) is 23.5. The molecule has 6 nitrogen and oxygen atoms in total. The van der Waals surface area contributed by atoms with Crippen LogP contribution in [0.15, 0.2) is 48.5 Å². The summed E-state index contributed by atoms with van der Waals surface area (Å²) in [5, 5.41) is 2.80. The van der Waals surface area contributed by atoms with Gasteiger partial charge in [0.1, 0.15) is 5.75 Å². The summed E-state index contributed by atoms with van der Waals surface area (Å²) < 4.78 is 17.3. The van der Waals surface area contributed by atoms with Crippen LogP contribution in [0.5, 0.6) is 5.75 Å². The van der Waals surface area contributed by atoms with Crippen LogP contribution in [0.25, 0.3) is 0 Å². The molecule has 0 aliphatic rings. The highest BCUT2D eigenvalue weighted by molar-refractivity contribution is 7.85. The van der Waals surface area contributed by atoms with Crippen LogP contribution in [-0.2, 0) is 21.3 Å². The number of amides is 2. The molecule has 0 fully saturated rings. The van der Waals surface area contributed by atoms with E-state index in [4.69, 9.17) is 10.5 Å². The summed E-state index contributed by atoms with van der Waals surface area (Å²) in [5.74, 6) is -0.307. The Morgan fingerprint density at radius 2 is 1.81 bits per heavy atom. The third-order valence-corrected chi connectivity index (χ3v) is 5.63. The van der Waals surface area contributed by atoms with Gasteiger partial charge in [0.25, 0.3) is 11.8 Å². The van der Waals surface area contributed by atoms with Crippen molar-refractivity contribution in [3.63, 3.8) is 0 Å². The summed E-state index contributed by atoms with van der Waals surface area (Å²) >= 11 is 0. The average Bonchev–Trinajstić information content (AvgIpc) is 2.59. The second-order valence-electron chi connectivity index (χ2n) is 7.01. The Bertz CT molecular complexity index is 859. The number of primary amides is 1. The highest BCUT2D eigenvalue weighted by Gasteiger charge is 2.20. The quantitative estimate of drug-likeness (QED) is 0.762. The maximum Gasteiger partial charge on any atom is 0.259 e. The van der Waals surface area contributed by atoms with Crippen molar-refractivity contribution in [2.24, 2.45) is 5.73 Å². The van der Waals surface area contributed by atoms with E-state index in [1.807, 2.05) is 26.8 Å². The normalized spacial score (nSPS) is 12.3. The molecule has 2 amide bonds. The number of carbonyl (C=O) groups is 2. The molecule has 3 N–H and O–H groups in total. The predicted molar refractivity (Wildman–Crippen MR) is 107 cm³/mol. The zero-order valence-electron chi connectivity index (χ0n) is 15.7. The van der Waals surface area contributed by atoms with Gasteiger partial charge in [-0.1, -0.05) is 24.3 Å². The molecule has 7 heteroatoms. The molecule has 2 aromatic carbocycles. The Morgan fingerprint density at radius 3 is 2.48 bits per heavy atom. The molecular formula is C20H24N2O4S. The Morgan fingerprint density at radius 1 is 1.11 bits per heavy atom. The monoisotopic (exact) mass is 388 g/mol. The van der Waals surface area contributed by atoms with Crippen molar-refractivity contribution < 1.29 is 18.5 Å². The summed E-state index contributed by atoms with van der Waals surface area (Å²) in [7, 11) is -1.03. The molecule has 1 atom stereocenters. The molecule has 27 heavy (non-hydrogen) atoms. The van der Waals surface area contributed by atoms with E-state index in [1.54, 1.807) is 42.5 Å². The smallest absolute Gasteiger partial charge is 0.259 e. The van der Waals surface area contributed by atoms with E-state index in [1.165, 1.54) is 0 Å². The summed E-state index contributed by atoms with van der Waals surface area (Å²) in [6.07, 6.45) is 0. The number of para-hydroxylation sites is 1. The van der Waals surface area contributed by atoms with Crippen LogP contribution >= 0.6 is 0 Å². The van der Waals surface area contributed by atoms with Crippen LogP contribution in [0.2, 0.25) is 0 Å². The lowest BCUT2D eigenvalue weighted by molar-refractivity contribution is -0.119. The van der Waals surface area contributed by atoms with Crippen molar-refractivity contribution in [3.05, 3.63) is 59.7 Å². The van der Waals surface area contributed by atoms with Gasteiger partial charge in [0.05, 0.1) is 5.56 Å². The van der Waals surface area contributed by atoms with Gasteiger partial charge in [-0.05, 0) is 50.6 Å². The highest BCUT2D eigenvalue weighted by atomic mass is 32.2. The summed E-state index contributed by atoms with van der Waals surface area (Å²) in [6, 6.07) is 13.8. The third kappa shape index (κ3) is 6.21. The fraction of sp³-hybridized carbons (Fsp3) is 0.300. The fourth-order valence-corrected chi connectivity index (χ4v) is 3.15. The number of anilines is 1. The SMILES string of the molecule is CC(C)(C)S(=O)Cc1cccc(NC(=O)c2ccccc2OCC(N)=O)c1. The number of nitrogens with two attached hydrogens (primary N) is 1. The number of hydrogen-bond acceptors (Lipinski definition) is 4. The number of hydrogen-bond donors (Lipinski definition) is 2. The van der Waals surface area contributed by atoms with Crippen molar-refractivity contribution in [3.8, 4) is 5.75 Å². The zero-order chi connectivity index (χ0) is 20.0. The Hall–Kier alpha value is -2.67.